The number of carbonyl (C=O) groups is 1. The molecule has 2 bridgehead atoms. The molecule has 0 radical (unpaired) electrons. The second kappa shape index (κ2) is 6.69. The van der Waals surface area contributed by atoms with E-state index in [0.29, 0.717) is 42.3 Å². The van der Waals surface area contributed by atoms with Crippen LogP contribution in [0.25, 0.3) is 0 Å². The predicted octanol–water partition coefficient (Wildman–Crippen LogP) is 3.39. The normalized spacial score (nSPS) is 31.2. The Morgan fingerprint density at radius 1 is 1.21 bits per heavy atom. The molecule has 0 saturated carbocycles. The van der Waals surface area contributed by atoms with Gasteiger partial charge in [0.1, 0.15) is 5.82 Å². The number of piperidine rings is 3. The molecule has 28 heavy (non-hydrogen) atoms. The van der Waals surface area contributed by atoms with Gasteiger partial charge in [0, 0.05) is 24.9 Å². The molecule has 4 aliphatic heterocycles. The number of carbonyl (C=O) groups excluding carboxylic acids is 1. The van der Waals surface area contributed by atoms with Gasteiger partial charge in [0.25, 0.3) is 5.91 Å². The lowest BCUT2D eigenvalue weighted by Crippen LogP contribution is -2.60. The van der Waals surface area contributed by atoms with Gasteiger partial charge in [0.05, 0.1) is 11.7 Å². The molecule has 1 aromatic heterocycles. The van der Waals surface area contributed by atoms with Crippen molar-refractivity contribution in [3.05, 3.63) is 53.0 Å². The van der Waals surface area contributed by atoms with Crippen LogP contribution in [-0.2, 0) is 6.42 Å². The van der Waals surface area contributed by atoms with Crippen molar-refractivity contribution in [2.75, 3.05) is 19.6 Å². The van der Waals surface area contributed by atoms with Crippen LogP contribution in [0.5, 0.6) is 0 Å². The molecule has 6 heteroatoms. The molecule has 148 valence electrons. The van der Waals surface area contributed by atoms with Crippen LogP contribution in [-0.4, -0.2) is 52.4 Å². The summed E-state index contributed by atoms with van der Waals surface area (Å²) in [7, 11) is 0. The van der Waals surface area contributed by atoms with Gasteiger partial charge in [-0.1, -0.05) is 19.1 Å². The first-order valence-corrected chi connectivity index (χ1v) is 10.3. The van der Waals surface area contributed by atoms with Gasteiger partial charge in [-0.15, -0.1) is 0 Å². The highest BCUT2D eigenvalue weighted by Gasteiger charge is 2.55. The Hall–Kier alpha value is -2.21. The summed E-state index contributed by atoms with van der Waals surface area (Å²) in [4.78, 5) is 22.4. The van der Waals surface area contributed by atoms with Gasteiger partial charge in [-0.2, -0.15) is 0 Å². The topological polar surface area (TPSA) is 49.6 Å². The van der Waals surface area contributed by atoms with Crippen molar-refractivity contribution in [3.8, 4) is 0 Å². The molecule has 2 aromatic rings. The van der Waals surface area contributed by atoms with E-state index in [2.05, 4.69) is 9.88 Å². The zero-order valence-electron chi connectivity index (χ0n) is 16.4. The van der Waals surface area contributed by atoms with E-state index in [0.717, 1.165) is 31.5 Å². The van der Waals surface area contributed by atoms with Crippen LogP contribution in [0.2, 0.25) is 0 Å². The fraction of sp³-hybridized carbons (Fsp3) is 0.545. The van der Waals surface area contributed by atoms with E-state index in [1.54, 1.807) is 0 Å². The average molecular weight is 383 g/mol. The van der Waals surface area contributed by atoms with Crippen LogP contribution >= 0.6 is 0 Å². The van der Waals surface area contributed by atoms with E-state index in [9.17, 15) is 9.18 Å². The standard InChI is InChI=1S/C22H26FN3O2/c1-3-18-24-13(2)21(28-18)22(27)26-12-17(14-4-6-16(23)7-5-14)20-19(26)15-8-10-25(20)11-9-15/h4-7,15,17,19-20H,3,8-12H2,1-2H3/t17-,19+,20+/m1/s1. The number of halogens is 1. The van der Waals surface area contributed by atoms with Crippen molar-refractivity contribution in [1.82, 2.24) is 14.8 Å². The maximum atomic E-state index is 13.5. The van der Waals surface area contributed by atoms with E-state index in [4.69, 9.17) is 4.42 Å². The van der Waals surface area contributed by atoms with E-state index >= 15 is 0 Å². The first-order valence-electron chi connectivity index (χ1n) is 10.3. The van der Waals surface area contributed by atoms with Crippen molar-refractivity contribution in [2.24, 2.45) is 5.92 Å². The van der Waals surface area contributed by atoms with E-state index < -0.39 is 0 Å². The fourth-order valence-corrected chi connectivity index (χ4v) is 5.59. The number of amides is 1. The lowest BCUT2D eigenvalue weighted by Gasteiger charge is -2.51. The van der Waals surface area contributed by atoms with Crippen LogP contribution < -0.4 is 0 Å². The molecule has 1 amide bonds. The number of rotatable bonds is 3. The van der Waals surface area contributed by atoms with Gasteiger partial charge in [0.2, 0.25) is 5.76 Å². The second-order valence-electron chi connectivity index (χ2n) is 8.35. The quantitative estimate of drug-likeness (QED) is 0.815. The third kappa shape index (κ3) is 2.69. The number of aryl methyl sites for hydroxylation is 2. The molecule has 0 aliphatic carbocycles. The van der Waals surface area contributed by atoms with Gasteiger partial charge >= 0.3 is 0 Å². The molecule has 5 heterocycles. The molecule has 6 rings (SSSR count). The third-order valence-electron chi connectivity index (χ3n) is 6.89. The molecular weight excluding hydrogens is 357 g/mol. The van der Waals surface area contributed by atoms with Crippen molar-refractivity contribution >= 4 is 5.91 Å². The first-order chi connectivity index (χ1) is 13.6. The minimum absolute atomic E-state index is 0.0435. The summed E-state index contributed by atoms with van der Waals surface area (Å²) >= 11 is 0. The number of fused-ring (bicyclic) bond motifs is 2. The average Bonchev–Trinajstić information content (AvgIpc) is 3.31. The molecular formula is C22H26FN3O2. The Morgan fingerprint density at radius 3 is 2.57 bits per heavy atom. The molecule has 3 atom stereocenters. The summed E-state index contributed by atoms with van der Waals surface area (Å²) < 4.78 is 19.3. The summed E-state index contributed by atoms with van der Waals surface area (Å²) in [6.45, 7) is 6.65. The lowest BCUT2D eigenvalue weighted by molar-refractivity contribution is -0.00435. The van der Waals surface area contributed by atoms with Crippen LogP contribution in [0.15, 0.2) is 28.7 Å². The zero-order chi connectivity index (χ0) is 19.4. The highest BCUT2D eigenvalue weighted by Crippen LogP contribution is 2.47. The van der Waals surface area contributed by atoms with Gasteiger partial charge in [0.15, 0.2) is 5.89 Å². The molecule has 1 aromatic carbocycles. The maximum Gasteiger partial charge on any atom is 0.291 e. The Kier molecular flexibility index (Phi) is 4.27. The van der Waals surface area contributed by atoms with Crippen LogP contribution in [0, 0.1) is 18.7 Å². The number of hydrogen-bond donors (Lipinski definition) is 0. The summed E-state index contributed by atoms with van der Waals surface area (Å²) in [5, 5.41) is 0. The maximum absolute atomic E-state index is 13.5. The fourth-order valence-electron chi connectivity index (χ4n) is 5.59. The van der Waals surface area contributed by atoms with Gasteiger partial charge in [-0.05, 0) is 56.5 Å². The van der Waals surface area contributed by atoms with E-state index in [-0.39, 0.29) is 23.7 Å². The molecule has 4 fully saturated rings. The van der Waals surface area contributed by atoms with Gasteiger partial charge in [-0.3, -0.25) is 9.69 Å². The first kappa shape index (κ1) is 17.9. The minimum Gasteiger partial charge on any atom is -0.435 e. The summed E-state index contributed by atoms with van der Waals surface area (Å²) in [6.07, 6.45) is 2.95. The summed E-state index contributed by atoms with van der Waals surface area (Å²) in [5.41, 5.74) is 1.78. The van der Waals surface area contributed by atoms with Crippen molar-refractivity contribution in [2.45, 2.75) is 51.1 Å². The summed E-state index contributed by atoms with van der Waals surface area (Å²) in [5.74, 6) is 1.45. The molecule has 4 aliphatic rings. The minimum atomic E-state index is -0.221. The van der Waals surface area contributed by atoms with Crippen molar-refractivity contribution in [1.29, 1.82) is 0 Å². The number of nitrogens with zero attached hydrogens (tertiary/aromatic N) is 3. The number of likely N-dealkylation sites (tertiary alicyclic amines) is 1. The Balaban J connectivity index is 1.52. The monoisotopic (exact) mass is 383 g/mol. The van der Waals surface area contributed by atoms with E-state index in [1.165, 1.54) is 12.1 Å². The van der Waals surface area contributed by atoms with Crippen LogP contribution in [0.1, 0.15) is 53.4 Å². The third-order valence-corrected chi connectivity index (χ3v) is 6.89. The highest BCUT2D eigenvalue weighted by atomic mass is 19.1. The summed E-state index contributed by atoms with van der Waals surface area (Å²) in [6, 6.07) is 7.31. The Bertz CT molecular complexity index is 886. The zero-order valence-corrected chi connectivity index (χ0v) is 16.4. The SMILES string of the molecule is CCc1nc(C)c(C(=O)N2C[C@H](c3ccc(F)cc3)[C@H]3[C@@H]2C2CCN3CC2)o1. The number of oxazole rings is 1. The van der Waals surface area contributed by atoms with E-state index in [1.807, 2.05) is 30.9 Å². The molecule has 0 N–H and O–H groups in total. The van der Waals surface area contributed by atoms with Crippen molar-refractivity contribution in [3.63, 3.8) is 0 Å². The van der Waals surface area contributed by atoms with Crippen LogP contribution in [0.3, 0.4) is 0 Å². The lowest BCUT2D eigenvalue weighted by atomic mass is 9.75. The largest absolute Gasteiger partial charge is 0.435 e. The molecule has 0 unspecified atom stereocenters. The van der Waals surface area contributed by atoms with Gasteiger partial charge in [-0.25, -0.2) is 9.37 Å². The number of benzene rings is 1. The number of hydrogen-bond acceptors (Lipinski definition) is 4. The van der Waals surface area contributed by atoms with Gasteiger partial charge < -0.3 is 9.32 Å². The Morgan fingerprint density at radius 2 is 1.93 bits per heavy atom. The molecule has 5 nitrogen and oxygen atoms in total. The predicted molar refractivity (Wildman–Crippen MR) is 103 cm³/mol. The van der Waals surface area contributed by atoms with Crippen LogP contribution in [0.4, 0.5) is 4.39 Å². The Labute approximate surface area is 164 Å². The molecule has 0 spiro atoms. The second-order valence-corrected chi connectivity index (χ2v) is 8.35. The highest BCUT2D eigenvalue weighted by molar-refractivity contribution is 5.93. The number of aromatic nitrogens is 1. The smallest absolute Gasteiger partial charge is 0.291 e. The molecule has 4 saturated heterocycles. The van der Waals surface area contributed by atoms with Crippen molar-refractivity contribution < 1.29 is 13.6 Å².